The third-order valence-electron chi connectivity index (χ3n) is 11.8. The summed E-state index contributed by atoms with van der Waals surface area (Å²) in [5.74, 6) is -8.91. The van der Waals surface area contributed by atoms with E-state index in [4.69, 9.17) is 4.42 Å². The number of phenolic OH excluding ortho intramolecular Hbond substituents is 9. The monoisotopic (exact) mass is 790 g/mol. The van der Waals surface area contributed by atoms with E-state index in [1.54, 1.807) is 0 Å². The van der Waals surface area contributed by atoms with Gasteiger partial charge in [0, 0.05) is 16.5 Å². The van der Waals surface area contributed by atoms with Crippen molar-refractivity contribution in [3.05, 3.63) is 127 Å². The van der Waals surface area contributed by atoms with E-state index in [2.05, 4.69) is 36.4 Å². The summed E-state index contributed by atoms with van der Waals surface area (Å²) in [6, 6.07) is 41.7. The average Bonchev–Trinajstić information content (AvgIpc) is 3.68. The summed E-state index contributed by atoms with van der Waals surface area (Å²) in [7, 11) is 0. The smallest absolute Gasteiger partial charge is 0.205 e. The highest BCUT2D eigenvalue weighted by atomic mass is 16.4. The first kappa shape index (κ1) is 34.7. The van der Waals surface area contributed by atoms with E-state index in [0.717, 1.165) is 54.4 Å². The van der Waals surface area contributed by atoms with Crippen LogP contribution in [0.25, 0.3) is 109 Å². The van der Waals surface area contributed by atoms with Crippen LogP contribution in [0.15, 0.2) is 132 Å². The van der Waals surface area contributed by atoms with Crippen molar-refractivity contribution < 1.29 is 50.4 Å². The van der Waals surface area contributed by atoms with Crippen LogP contribution < -0.4 is 0 Å². The van der Waals surface area contributed by atoms with Gasteiger partial charge in [0.1, 0.15) is 5.75 Å². The highest BCUT2D eigenvalue weighted by molar-refractivity contribution is 6.30. The molecule has 10 aromatic carbocycles. The van der Waals surface area contributed by atoms with Gasteiger partial charge in [0.25, 0.3) is 0 Å². The van der Waals surface area contributed by atoms with E-state index < -0.39 is 73.7 Å². The zero-order valence-corrected chi connectivity index (χ0v) is 31.1. The molecule has 60 heavy (non-hydrogen) atoms. The second-order valence-corrected chi connectivity index (χ2v) is 14.8. The number of aromatic hydroxyl groups is 9. The van der Waals surface area contributed by atoms with Crippen LogP contribution in [0.2, 0.25) is 0 Å². The maximum atomic E-state index is 12.2. The Kier molecular flexibility index (Phi) is 7.09. The third-order valence-corrected chi connectivity index (χ3v) is 11.8. The van der Waals surface area contributed by atoms with Crippen LogP contribution in [0.3, 0.4) is 0 Å². The van der Waals surface area contributed by atoms with Gasteiger partial charge in [-0.15, -0.1) is 0 Å². The van der Waals surface area contributed by atoms with Crippen LogP contribution in [-0.2, 0) is 0 Å². The molecule has 0 bridgehead atoms. The van der Waals surface area contributed by atoms with Crippen LogP contribution in [0.5, 0.6) is 51.7 Å². The van der Waals surface area contributed by atoms with Gasteiger partial charge in [0.05, 0.1) is 16.2 Å². The quantitative estimate of drug-likeness (QED) is 0.0472. The van der Waals surface area contributed by atoms with Crippen molar-refractivity contribution in [2.45, 2.75) is 0 Å². The molecule has 0 saturated heterocycles. The molecular formula is C50H30O10. The lowest BCUT2D eigenvalue weighted by atomic mass is 9.81. The summed E-state index contributed by atoms with van der Waals surface area (Å²) in [6.07, 6.45) is 0. The molecule has 0 amide bonds. The first-order valence-electron chi connectivity index (χ1n) is 18.9. The van der Waals surface area contributed by atoms with Gasteiger partial charge < -0.3 is 50.4 Å². The Labute approximate surface area is 337 Å². The van der Waals surface area contributed by atoms with Crippen LogP contribution in [-0.4, -0.2) is 46.0 Å². The highest BCUT2D eigenvalue weighted by Gasteiger charge is 2.34. The van der Waals surface area contributed by atoms with E-state index in [0.29, 0.717) is 16.5 Å². The number of hydrogen-bond acceptors (Lipinski definition) is 10. The second kappa shape index (κ2) is 12.3. The highest BCUT2D eigenvalue weighted by Crippen LogP contribution is 2.62. The van der Waals surface area contributed by atoms with Gasteiger partial charge in [-0.3, -0.25) is 0 Å². The lowest BCUT2D eigenvalue weighted by Gasteiger charge is -2.22. The van der Waals surface area contributed by atoms with Crippen molar-refractivity contribution in [1.29, 1.82) is 0 Å². The molecule has 9 N–H and O–H groups in total. The summed E-state index contributed by atoms with van der Waals surface area (Å²) in [4.78, 5) is 0. The van der Waals surface area contributed by atoms with E-state index in [-0.39, 0.29) is 16.3 Å². The van der Waals surface area contributed by atoms with Crippen molar-refractivity contribution in [2.75, 3.05) is 0 Å². The summed E-state index contributed by atoms with van der Waals surface area (Å²) < 4.78 is 6.00. The molecule has 0 atom stereocenters. The van der Waals surface area contributed by atoms with Crippen molar-refractivity contribution in [3.8, 4) is 85.1 Å². The Bertz CT molecular complexity index is 3650. The predicted molar refractivity (Wildman–Crippen MR) is 233 cm³/mol. The molecular weight excluding hydrogens is 761 g/mol. The lowest BCUT2D eigenvalue weighted by molar-refractivity contribution is 0.349. The molecule has 0 spiro atoms. The third kappa shape index (κ3) is 4.41. The van der Waals surface area contributed by atoms with Gasteiger partial charge in [0.2, 0.25) is 23.0 Å². The zero-order chi connectivity index (χ0) is 41.3. The molecule has 0 aliphatic heterocycles. The topological polar surface area (TPSA) is 195 Å². The molecule has 0 saturated carbocycles. The van der Waals surface area contributed by atoms with Gasteiger partial charge in [-0.05, 0) is 65.3 Å². The summed E-state index contributed by atoms with van der Waals surface area (Å²) in [5, 5.41) is 106. The Morgan fingerprint density at radius 2 is 0.700 bits per heavy atom. The SMILES string of the molecule is Oc1c(O)c(-c2c(-c3c4ccccc4c(-c4cccc5ccccc45)c4ccccc34)ccc3ccccc23)c2c(oc3c(O)c4c(O)c(O)c(O)c(O)c4c(O)c32)c1O. The molecule has 0 radical (unpaired) electrons. The molecule has 0 aliphatic carbocycles. The summed E-state index contributed by atoms with van der Waals surface area (Å²) in [6.45, 7) is 0. The van der Waals surface area contributed by atoms with Crippen molar-refractivity contribution in [1.82, 2.24) is 0 Å². The molecule has 0 unspecified atom stereocenters. The molecule has 1 aromatic heterocycles. The fourth-order valence-corrected chi connectivity index (χ4v) is 9.23. The number of rotatable bonds is 3. The van der Waals surface area contributed by atoms with Crippen molar-refractivity contribution in [2.24, 2.45) is 0 Å². The predicted octanol–water partition coefficient (Wildman–Crippen LogP) is 11.7. The maximum absolute atomic E-state index is 12.2. The Balaban J connectivity index is 1.36. The number of hydrogen-bond donors (Lipinski definition) is 9. The number of benzene rings is 10. The van der Waals surface area contributed by atoms with Crippen molar-refractivity contribution in [3.63, 3.8) is 0 Å². The van der Waals surface area contributed by atoms with Gasteiger partial charge in [0.15, 0.2) is 34.2 Å². The number of phenols is 9. The number of furan rings is 1. The van der Waals surface area contributed by atoms with E-state index in [9.17, 15) is 46.0 Å². The first-order valence-corrected chi connectivity index (χ1v) is 18.9. The van der Waals surface area contributed by atoms with E-state index in [1.807, 2.05) is 91.0 Å². The first-order chi connectivity index (χ1) is 29.1. The van der Waals surface area contributed by atoms with Gasteiger partial charge in [-0.1, -0.05) is 127 Å². The molecule has 10 heteroatoms. The lowest BCUT2D eigenvalue weighted by Crippen LogP contribution is -1.95. The summed E-state index contributed by atoms with van der Waals surface area (Å²) >= 11 is 0. The minimum atomic E-state index is -1.17. The molecule has 11 aromatic rings. The van der Waals surface area contributed by atoms with E-state index >= 15 is 0 Å². The fraction of sp³-hybridized carbons (Fsp3) is 0. The van der Waals surface area contributed by atoms with Crippen molar-refractivity contribution >= 4 is 75.8 Å². The normalized spacial score (nSPS) is 11.9. The van der Waals surface area contributed by atoms with E-state index in [1.165, 1.54) is 0 Å². The second-order valence-electron chi connectivity index (χ2n) is 14.8. The zero-order valence-electron chi connectivity index (χ0n) is 31.1. The van der Waals surface area contributed by atoms with Gasteiger partial charge in [-0.2, -0.15) is 0 Å². The van der Waals surface area contributed by atoms with Crippen LogP contribution in [0.1, 0.15) is 0 Å². The molecule has 0 aliphatic rings. The number of fused-ring (bicyclic) bond motifs is 8. The van der Waals surface area contributed by atoms with Gasteiger partial charge in [-0.25, -0.2) is 0 Å². The fourth-order valence-electron chi connectivity index (χ4n) is 9.23. The molecule has 1 heterocycles. The van der Waals surface area contributed by atoms with Crippen LogP contribution in [0.4, 0.5) is 0 Å². The molecule has 11 rings (SSSR count). The standard InChI is InChI=1S/C50H30O10/c51-40-37-38(43(54)46(57)45(56)42(37)53)44(55)50-39(40)36-35(41(52)47(58)48(59)49(36)60-50)34-25-14-4-2-11-23(25)20-21-31(34)33-29-17-7-5-15-27(29)32(28-16-6-8-18-30(28)33)26-19-9-12-22-10-1-3-13-24(22)26/h1-21,51-59H. The van der Waals surface area contributed by atoms with Crippen LogP contribution >= 0.6 is 0 Å². The Morgan fingerprint density at radius 1 is 0.250 bits per heavy atom. The van der Waals surface area contributed by atoms with Crippen LogP contribution in [0, 0.1) is 0 Å². The molecule has 10 nitrogen and oxygen atoms in total. The average molecular weight is 791 g/mol. The molecule has 290 valence electrons. The minimum Gasteiger partial charge on any atom is -0.506 e. The maximum Gasteiger partial charge on any atom is 0.205 e. The Hall–Kier alpha value is -8.50. The molecule has 0 fully saturated rings. The Morgan fingerprint density at radius 3 is 1.30 bits per heavy atom. The van der Waals surface area contributed by atoms with Gasteiger partial charge >= 0.3 is 0 Å². The minimum absolute atomic E-state index is 0.113. The summed E-state index contributed by atoms with van der Waals surface area (Å²) in [5.41, 5.74) is 2.63. The largest absolute Gasteiger partial charge is 0.506 e.